The van der Waals surface area contributed by atoms with Crippen LogP contribution >= 0.6 is 0 Å². The van der Waals surface area contributed by atoms with Gasteiger partial charge < -0.3 is 10.2 Å². The van der Waals surface area contributed by atoms with Gasteiger partial charge in [-0.05, 0) is 25.3 Å². The molecule has 1 saturated heterocycles. The summed E-state index contributed by atoms with van der Waals surface area (Å²) in [5, 5.41) is 3.01. The summed E-state index contributed by atoms with van der Waals surface area (Å²) in [6, 6.07) is 9.47. The topological polar surface area (TPSA) is 49.4 Å². The minimum absolute atomic E-state index is 0.0459. The van der Waals surface area contributed by atoms with Crippen molar-refractivity contribution >= 4 is 11.8 Å². The van der Waals surface area contributed by atoms with Crippen LogP contribution in [-0.4, -0.2) is 29.3 Å². The first-order valence-electron chi connectivity index (χ1n) is 7.28. The highest BCUT2D eigenvalue weighted by molar-refractivity contribution is 5.88. The van der Waals surface area contributed by atoms with Crippen LogP contribution in [-0.2, 0) is 9.59 Å². The van der Waals surface area contributed by atoms with E-state index in [1.807, 2.05) is 44.2 Å². The van der Waals surface area contributed by atoms with Gasteiger partial charge in [-0.25, -0.2) is 0 Å². The highest BCUT2D eigenvalue weighted by Crippen LogP contribution is 2.18. The Bertz CT molecular complexity index is 473. The molecule has 1 aromatic rings. The third-order valence-corrected chi connectivity index (χ3v) is 3.83. The van der Waals surface area contributed by atoms with E-state index in [1.165, 1.54) is 0 Å². The van der Waals surface area contributed by atoms with Gasteiger partial charge in [0.15, 0.2) is 0 Å². The van der Waals surface area contributed by atoms with Crippen molar-refractivity contribution in [3.05, 3.63) is 35.9 Å². The highest BCUT2D eigenvalue weighted by Gasteiger charge is 2.31. The number of nitrogens with one attached hydrogen (secondary N) is 1. The average molecular weight is 274 g/mol. The van der Waals surface area contributed by atoms with Crippen LogP contribution in [0.25, 0.3) is 0 Å². The van der Waals surface area contributed by atoms with Gasteiger partial charge in [0.05, 0.1) is 6.04 Å². The molecule has 4 nitrogen and oxygen atoms in total. The van der Waals surface area contributed by atoms with Crippen LogP contribution in [0.3, 0.4) is 0 Å². The third kappa shape index (κ3) is 3.18. The molecule has 0 saturated carbocycles. The summed E-state index contributed by atoms with van der Waals surface area (Å²) in [5.41, 5.74) is 1.07. The highest BCUT2D eigenvalue weighted by atomic mass is 16.2. The Labute approximate surface area is 120 Å². The maximum absolute atomic E-state index is 12.4. The fourth-order valence-electron chi connectivity index (χ4n) is 2.68. The Morgan fingerprint density at radius 1 is 1.35 bits per heavy atom. The van der Waals surface area contributed by atoms with Crippen LogP contribution in [0.1, 0.15) is 44.7 Å². The molecule has 0 aromatic heterocycles. The smallest absolute Gasteiger partial charge is 0.243 e. The van der Waals surface area contributed by atoms with E-state index in [0.717, 1.165) is 12.0 Å². The third-order valence-electron chi connectivity index (χ3n) is 3.83. The van der Waals surface area contributed by atoms with Crippen LogP contribution in [0.2, 0.25) is 0 Å². The van der Waals surface area contributed by atoms with Crippen molar-refractivity contribution in [2.45, 2.75) is 45.2 Å². The summed E-state index contributed by atoms with van der Waals surface area (Å²) in [5.74, 6) is 0.0402. The van der Waals surface area contributed by atoms with Crippen LogP contribution in [0.5, 0.6) is 0 Å². The normalized spacial score (nSPS) is 17.9. The van der Waals surface area contributed by atoms with Crippen molar-refractivity contribution < 1.29 is 9.59 Å². The first-order chi connectivity index (χ1) is 9.63. The van der Waals surface area contributed by atoms with Crippen molar-refractivity contribution in [3.8, 4) is 0 Å². The maximum Gasteiger partial charge on any atom is 0.243 e. The fraction of sp³-hybridized carbons (Fsp3) is 0.500. The molecular weight excluding hydrogens is 252 g/mol. The molecule has 1 aromatic carbocycles. The molecule has 0 aliphatic carbocycles. The standard InChI is InChI=1S/C16H22N2O2/c1-3-14(18-11-7-10-15(18)19)16(20)17-12(2)13-8-5-4-6-9-13/h4-6,8-9,12,14H,3,7,10-11H2,1-2H3,(H,17,20)/t12-,14?/m0/s1. The molecule has 1 fully saturated rings. The number of carbonyl (C=O) groups is 2. The van der Waals surface area contributed by atoms with E-state index in [0.29, 0.717) is 19.4 Å². The largest absolute Gasteiger partial charge is 0.348 e. The average Bonchev–Trinajstić information content (AvgIpc) is 2.87. The molecule has 1 aliphatic heterocycles. The van der Waals surface area contributed by atoms with Crippen molar-refractivity contribution in [1.82, 2.24) is 10.2 Å². The molecular formula is C16H22N2O2. The molecule has 2 rings (SSSR count). The predicted molar refractivity (Wildman–Crippen MR) is 78.0 cm³/mol. The number of hydrogen-bond donors (Lipinski definition) is 1. The van der Waals surface area contributed by atoms with Crippen molar-refractivity contribution in [2.24, 2.45) is 0 Å². The SMILES string of the molecule is CCC(C(=O)N[C@@H](C)c1ccccc1)N1CCCC1=O. The Kier molecular flexibility index (Phi) is 4.77. The molecule has 1 N–H and O–H groups in total. The van der Waals surface area contributed by atoms with Crippen LogP contribution in [0, 0.1) is 0 Å². The lowest BCUT2D eigenvalue weighted by Crippen LogP contribution is -2.47. The zero-order valence-corrected chi connectivity index (χ0v) is 12.1. The quantitative estimate of drug-likeness (QED) is 0.895. The Morgan fingerprint density at radius 3 is 2.60 bits per heavy atom. The summed E-state index contributed by atoms with van der Waals surface area (Å²) in [4.78, 5) is 25.9. The maximum atomic E-state index is 12.4. The zero-order chi connectivity index (χ0) is 14.5. The molecule has 0 radical (unpaired) electrons. The molecule has 2 atom stereocenters. The summed E-state index contributed by atoms with van der Waals surface area (Å²) < 4.78 is 0. The number of carbonyl (C=O) groups excluding carboxylic acids is 2. The van der Waals surface area contributed by atoms with Gasteiger partial charge in [0.2, 0.25) is 11.8 Å². The summed E-state index contributed by atoms with van der Waals surface area (Å²) in [6.45, 7) is 4.61. The van der Waals surface area contributed by atoms with Gasteiger partial charge in [-0.1, -0.05) is 37.3 Å². The second-order valence-electron chi connectivity index (χ2n) is 5.26. The van der Waals surface area contributed by atoms with Gasteiger partial charge in [-0.3, -0.25) is 9.59 Å². The van der Waals surface area contributed by atoms with Gasteiger partial charge in [0.1, 0.15) is 6.04 Å². The Hall–Kier alpha value is -1.84. The van der Waals surface area contributed by atoms with E-state index in [4.69, 9.17) is 0 Å². The molecule has 2 amide bonds. The summed E-state index contributed by atoms with van der Waals surface area (Å²) in [7, 11) is 0. The monoisotopic (exact) mass is 274 g/mol. The molecule has 1 unspecified atom stereocenters. The van der Waals surface area contributed by atoms with E-state index >= 15 is 0 Å². The molecule has 0 spiro atoms. The van der Waals surface area contributed by atoms with Crippen LogP contribution in [0.15, 0.2) is 30.3 Å². The molecule has 1 heterocycles. The van der Waals surface area contributed by atoms with Crippen LogP contribution in [0.4, 0.5) is 0 Å². The lowest BCUT2D eigenvalue weighted by atomic mass is 10.1. The van der Waals surface area contributed by atoms with Gasteiger partial charge in [0, 0.05) is 13.0 Å². The fourth-order valence-corrected chi connectivity index (χ4v) is 2.68. The van der Waals surface area contributed by atoms with Crippen molar-refractivity contribution in [1.29, 1.82) is 0 Å². The van der Waals surface area contributed by atoms with Crippen molar-refractivity contribution in [3.63, 3.8) is 0 Å². The number of hydrogen-bond acceptors (Lipinski definition) is 2. The second kappa shape index (κ2) is 6.55. The number of nitrogens with zero attached hydrogens (tertiary/aromatic N) is 1. The summed E-state index contributed by atoms with van der Waals surface area (Å²) >= 11 is 0. The minimum Gasteiger partial charge on any atom is -0.348 e. The van der Waals surface area contributed by atoms with E-state index in [2.05, 4.69) is 5.32 Å². The second-order valence-corrected chi connectivity index (χ2v) is 5.26. The molecule has 0 bridgehead atoms. The van der Waals surface area contributed by atoms with E-state index in [9.17, 15) is 9.59 Å². The first-order valence-corrected chi connectivity index (χ1v) is 7.28. The van der Waals surface area contributed by atoms with Gasteiger partial charge in [0.25, 0.3) is 0 Å². The number of benzene rings is 1. The number of likely N-dealkylation sites (tertiary alicyclic amines) is 1. The lowest BCUT2D eigenvalue weighted by Gasteiger charge is -2.27. The van der Waals surface area contributed by atoms with E-state index in [1.54, 1.807) is 4.90 Å². The summed E-state index contributed by atoms with van der Waals surface area (Å²) in [6.07, 6.45) is 2.08. The van der Waals surface area contributed by atoms with Gasteiger partial charge >= 0.3 is 0 Å². The molecule has 4 heteroatoms. The van der Waals surface area contributed by atoms with Gasteiger partial charge in [-0.15, -0.1) is 0 Å². The van der Waals surface area contributed by atoms with E-state index < -0.39 is 0 Å². The molecule has 1 aliphatic rings. The van der Waals surface area contributed by atoms with Gasteiger partial charge in [-0.2, -0.15) is 0 Å². The van der Waals surface area contributed by atoms with E-state index in [-0.39, 0.29) is 23.9 Å². The minimum atomic E-state index is -0.337. The Balaban J connectivity index is 2.01. The Morgan fingerprint density at radius 2 is 2.05 bits per heavy atom. The van der Waals surface area contributed by atoms with Crippen LogP contribution < -0.4 is 5.32 Å². The predicted octanol–water partition coefficient (Wildman–Crippen LogP) is 2.26. The number of rotatable bonds is 5. The van der Waals surface area contributed by atoms with Crippen molar-refractivity contribution in [2.75, 3.05) is 6.54 Å². The zero-order valence-electron chi connectivity index (χ0n) is 12.1. The first kappa shape index (κ1) is 14.6. The number of amides is 2. The lowest BCUT2D eigenvalue weighted by molar-refractivity contribution is -0.137. The molecule has 108 valence electrons. The molecule has 20 heavy (non-hydrogen) atoms.